The number of nitro groups is 4. The Morgan fingerprint density at radius 1 is 0.595 bits per heavy atom. The number of hydrogen-bond acceptors (Lipinski definition) is 14. The van der Waals surface area contributed by atoms with E-state index in [0.717, 1.165) is 48.5 Å². The highest BCUT2D eigenvalue weighted by Gasteiger charge is 2.64. The zero-order valence-corrected chi connectivity index (χ0v) is 22.7. The molecule has 0 unspecified atom stereocenters. The molecule has 0 aromatic heterocycles. The fourth-order valence-electron chi connectivity index (χ4n) is 4.41. The molecular formula is C20H20N6O14S2. The van der Waals surface area contributed by atoms with Crippen LogP contribution in [0.5, 0.6) is 0 Å². The van der Waals surface area contributed by atoms with E-state index in [-0.39, 0.29) is 13.2 Å². The van der Waals surface area contributed by atoms with E-state index in [2.05, 4.69) is 0 Å². The van der Waals surface area contributed by atoms with E-state index < -0.39 is 98.5 Å². The van der Waals surface area contributed by atoms with Gasteiger partial charge in [-0.15, -0.1) is 0 Å². The normalized spacial score (nSPS) is 19.5. The van der Waals surface area contributed by atoms with Gasteiger partial charge in [0.2, 0.25) is 20.0 Å². The van der Waals surface area contributed by atoms with Crippen molar-refractivity contribution < 1.29 is 46.0 Å². The Labute approximate surface area is 235 Å². The van der Waals surface area contributed by atoms with Gasteiger partial charge >= 0.3 is 5.66 Å². The van der Waals surface area contributed by atoms with E-state index in [0.29, 0.717) is 8.61 Å². The molecule has 0 amide bonds. The van der Waals surface area contributed by atoms with Crippen molar-refractivity contribution in [1.29, 1.82) is 0 Å². The molecule has 2 aliphatic rings. The average Bonchev–Trinajstić information content (AvgIpc) is 3.38. The second kappa shape index (κ2) is 10.9. The number of non-ortho nitro benzene ring substituents is 2. The number of nitro benzene ring substituents is 2. The molecule has 20 nitrogen and oxygen atoms in total. The van der Waals surface area contributed by atoms with Gasteiger partial charge in [-0.3, -0.25) is 40.5 Å². The Morgan fingerprint density at radius 3 is 1.21 bits per heavy atom. The fourth-order valence-corrected chi connectivity index (χ4v) is 7.45. The van der Waals surface area contributed by atoms with Crippen LogP contribution in [0.1, 0.15) is 0 Å². The van der Waals surface area contributed by atoms with Crippen LogP contribution in [-0.4, -0.2) is 96.0 Å². The predicted octanol–water partition coefficient (Wildman–Crippen LogP) is 0.191. The number of benzene rings is 2. The minimum atomic E-state index is -4.85. The third kappa shape index (κ3) is 5.49. The van der Waals surface area contributed by atoms with Crippen LogP contribution in [0.3, 0.4) is 0 Å². The van der Waals surface area contributed by atoms with Crippen molar-refractivity contribution in [1.82, 2.24) is 8.61 Å². The summed E-state index contributed by atoms with van der Waals surface area (Å²) in [6, 6.07) is 6.73. The van der Waals surface area contributed by atoms with Crippen molar-refractivity contribution >= 4 is 31.4 Å². The second-order valence-corrected chi connectivity index (χ2v) is 13.0. The van der Waals surface area contributed by atoms with Gasteiger partial charge in [0.25, 0.3) is 11.4 Å². The highest BCUT2D eigenvalue weighted by Crippen LogP contribution is 2.34. The monoisotopic (exact) mass is 632 g/mol. The number of sulfonamides is 2. The Bertz CT molecular complexity index is 1520. The van der Waals surface area contributed by atoms with Crippen LogP contribution in [0.25, 0.3) is 0 Å². The summed E-state index contributed by atoms with van der Waals surface area (Å²) in [5, 5.41) is 46.5. The van der Waals surface area contributed by atoms with Gasteiger partial charge in [0.05, 0.1) is 45.9 Å². The van der Waals surface area contributed by atoms with Gasteiger partial charge in [-0.2, -0.15) is 8.61 Å². The average molecular weight is 633 g/mol. The zero-order chi connectivity index (χ0) is 31.1. The van der Waals surface area contributed by atoms with Crippen LogP contribution in [-0.2, 0) is 29.5 Å². The molecule has 2 aromatic carbocycles. The third-order valence-electron chi connectivity index (χ3n) is 6.56. The van der Waals surface area contributed by atoms with Crippen molar-refractivity contribution in [3.8, 4) is 0 Å². The van der Waals surface area contributed by atoms with Crippen molar-refractivity contribution in [2.75, 3.05) is 39.4 Å². The highest BCUT2D eigenvalue weighted by atomic mass is 32.2. The zero-order valence-electron chi connectivity index (χ0n) is 21.1. The second-order valence-electron chi connectivity index (χ2n) is 9.15. The molecule has 2 fully saturated rings. The lowest BCUT2D eigenvalue weighted by Gasteiger charge is -2.40. The summed E-state index contributed by atoms with van der Waals surface area (Å²) in [5.41, 5.74) is -4.41. The lowest BCUT2D eigenvalue weighted by molar-refractivity contribution is -0.794. The van der Waals surface area contributed by atoms with Gasteiger partial charge < -0.3 is 9.47 Å². The van der Waals surface area contributed by atoms with E-state index in [1.165, 1.54) is 0 Å². The molecule has 2 aromatic rings. The van der Waals surface area contributed by atoms with Gasteiger partial charge in [0.15, 0.2) is 18.9 Å². The first-order valence-corrected chi connectivity index (χ1v) is 14.5. The minimum absolute atomic E-state index is 0.160. The number of ether oxygens (including phenoxy) is 2. The summed E-state index contributed by atoms with van der Waals surface area (Å²) in [5.74, 6) is -2.08. The van der Waals surface area contributed by atoms with Crippen LogP contribution in [0.15, 0.2) is 58.3 Å². The number of rotatable bonds is 8. The molecule has 2 saturated heterocycles. The maximum absolute atomic E-state index is 13.6. The Balaban J connectivity index is 1.84. The molecule has 2 aliphatic heterocycles. The summed E-state index contributed by atoms with van der Waals surface area (Å²) >= 11 is 0. The van der Waals surface area contributed by atoms with E-state index in [1.807, 2.05) is 0 Å². The van der Waals surface area contributed by atoms with Crippen molar-refractivity contribution in [3.05, 3.63) is 89.0 Å². The molecule has 0 N–H and O–H groups in total. The molecule has 1 spiro atoms. The Hall–Kier alpha value is -4.22. The van der Waals surface area contributed by atoms with Gasteiger partial charge in [0, 0.05) is 24.3 Å². The van der Waals surface area contributed by atoms with E-state index >= 15 is 0 Å². The maximum Gasteiger partial charge on any atom is 0.484 e. The number of hydrogen-bond donors (Lipinski definition) is 0. The highest BCUT2D eigenvalue weighted by molar-refractivity contribution is 7.89. The summed E-state index contributed by atoms with van der Waals surface area (Å²) in [7, 11) is -9.71. The van der Waals surface area contributed by atoms with Crippen molar-refractivity contribution in [2.45, 2.75) is 21.2 Å². The molecule has 42 heavy (non-hydrogen) atoms. The molecule has 0 aliphatic carbocycles. The SMILES string of the molecule is O=[N+]([O-])c1ccc(S(=O)(=O)N2CC3(CN(S(=O)(=O)c4ccc([N+](=O)[O-])cc4)CC([N+](=O)[O-])([N+](=O)[O-])C2)OCCO3)cc1. The molecule has 2 heterocycles. The smallest absolute Gasteiger partial charge is 0.345 e. The van der Waals surface area contributed by atoms with Crippen LogP contribution < -0.4 is 0 Å². The molecular weight excluding hydrogens is 612 g/mol. The van der Waals surface area contributed by atoms with E-state index in [1.54, 1.807) is 0 Å². The van der Waals surface area contributed by atoms with Gasteiger partial charge in [-0.05, 0) is 24.3 Å². The summed E-state index contributed by atoms with van der Waals surface area (Å²) in [4.78, 5) is 40.9. The standard InChI is InChI=1S/C20H20N6O14S2/c27-23(28)15-1-5-17(6-2-15)41(35,36)21-11-19(25(31)32,26(33)34)12-22(14-20(13-21)39-9-10-40-20)42(37,38)18-7-3-16(4-8-18)24(29)30/h1-8H,9-14H2. The summed E-state index contributed by atoms with van der Waals surface area (Å²) < 4.78 is 66.3. The summed E-state index contributed by atoms with van der Waals surface area (Å²) in [6.07, 6.45) is 0. The predicted molar refractivity (Wildman–Crippen MR) is 135 cm³/mol. The van der Waals surface area contributed by atoms with Gasteiger partial charge in [-0.25, -0.2) is 16.8 Å². The first-order valence-electron chi connectivity index (χ1n) is 11.6. The Morgan fingerprint density at radius 2 is 0.929 bits per heavy atom. The topological polar surface area (TPSA) is 266 Å². The minimum Gasteiger partial charge on any atom is -0.345 e. The lowest BCUT2D eigenvalue weighted by Crippen LogP contribution is -2.68. The first-order chi connectivity index (χ1) is 19.5. The number of nitrogens with zero attached hydrogens (tertiary/aromatic N) is 6. The molecule has 0 saturated carbocycles. The third-order valence-corrected chi connectivity index (χ3v) is 10.2. The summed E-state index contributed by atoms with van der Waals surface area (Å²) in [6.45, 7) is -5.19. The quantitative estimate of drug-likeness (QED) is 0.214. The van der Waals surface area contributed by atoms with Crippen molar-refractivity contribution in [3.63, 3.8) is 0 Å². The Kier molecular flexibility index (Phi) is 7.96. The van der Waals surface area contributed by atoms with Crippen LogP contribution in [0.4, 0.5) is 11.4 Å². The molecule has 22 heteroatoms. The van der Waals surface area contributed by atoms with Crippen LogP contribution in [0.2, 0.25) is 0 Å². The van der Waals surface area contributed by atoms with Crippen molar-refractivity contribution in [2.24, 2.45) is 0 Å². The van der Waals surface area contributed by atoms with E-state index in [9.17, 15) is 57.3 Å². The fraction of sp³-hybridized carbons (Fsp3) is 0.400. The van der Waals surface area contributed by atoms with E-state index in [4.69, 9.17) is 9.47 Å². The largest absolute Gasteiger partial charge is 0.484 e. The molecule has 4 rings (SSSR count). The molecule has 0 radical (unpaired) electrons. The maximum atomic E-state index is 13.6. The van der Waals surface area contributed by atoms with Crippen LogP contribution in [0, 0.1) is 40.5 Å². The first kappa shape index (κ1) is 30.7. The van der Waals surface area contributed by atoms with Crippen LogP contribution >= 0.6 is 0 Å². The lowest BCUT2D eigenvalue weighted by atomic mass is 10.1. The van der Waals surface area contributed by atoms with Gasteiger partial charge in [-0.1, -0.05) is 0 Å². The molecule has 0 atom stereocenters. The van der Waals surface area contributed by atoms with Gasteiger partial charge in [0.1, 0.15) is 9.85 Å². The molecule has 226 valence electrons. The molecule has 0 bridgehead atoms.